The van der Waals surface area contributed by atoms with Gasteiger partial charge in [0.15, 0.2) is 5.82 Å². The fourth-order valence-electron chi connectivity index (χ4n) is 2.85. The molecular weight excluding hydrogens is 266 g/mol. The average Bonchev–Trinajstić information content (AvgIpc) is 3.06. The molecule has 1 fully saturated rings. The fraction of sp³-hybridized carbons (Fsp3) is 0.438. The summed E-state index contributed by atoms with van der Waals surface area (Å²) >= 11 is 0. The second-order valence-electron chi connectivity index (χ2n) is 5.73. The second-order valence-corrected chi connectivity index (χ2v) is 5.73. The SMILES string of the molecule is Cc1ccc(C(=O)N2CC[C@H](c3nc(C)no3)C2)c(C)c1. The summed E-state index contributed by atoms with van der Waals surface area (Å²) < 4.78 is 5.22. The van der Waals surface area contributed by atoms with E-state index in [1.54, 1.807) is 6.92 Å². The minimum absolute atomic E-state index is 0.0891. The third-order valence-electron chi connectivity index (χ3n) is 3.98. The van der Waals surface area contributed by atoms with Crippen LogP contribution in [0, 0.1) is 20.8 Å². The van der Waals surface area contributed by atoms with Gasteiger partial charge in [0, 0.05) is 18.7 Å². The summed E-state index contributed by atoms with van der Waals surface area (Å²) in [6.45, 7) is 7.20. The Balaban J connectivity index is 1.75. The Morgan fingerprint density at radius 1 is 1.33 bits per heavy atom. The quantitative estimate of drug-likeness (QED) is 0.851. The molecule has 1 aromatic carbocycles. The maximum Gasteiger partial charge on any atom is 0.254 e. The van der Waals surface area contributed by atoms with Gasteiger partial charge in [0.05, 0.1) is 5.92 Å². The summed E-state index contributed by atoms with van der Waals surface area (Å²) in [6, 6.07) is 5.94. The van der Waals surface area contributed by atoms with Crippen molar-refractivity contribution in [3.8, 4) is 0 Å². The molecule has 0 saturated carbocycles. The fourth-order valence-corrected chi connectivity index (χ4v) is 2.85. The van der Waals surface area contributed by atoms with E-state index < -0.39 is 0 Å². The van der Waals surface area contributed by atoms with E-state index in [-0.39, 0.29) is 11.8 Å². The van der Waals surface area contributed by atoms with Gasteiger partial charge >= 0.3 is 0 Å². The van der Waals surface area contributed by atoms with Crippen LogP contribution >= 0.6 is 0 Å². The molecule has 1 saturated heterocycles. The molecule has 0 radical (unpaired) electrons. The summed E-state index contributed by atoms with van der Waals surface area (Å²) in [6.07, 6.45) is 0.873. The van der Waals surface area contributed by atoms with Crippen LogP contribution in [0.25, 0.3) is 0 Å². The molecule has 1 aromatic heterocycles. The van der Waals surface area contributed by atoms with Crippen molar-refractivity contribution in [3.05, 3.63) is 46.6 Å². The van der Waals surface area contributed by atoms with Gasteiger partial charge in [0.1, 0.15) is 0 Å². The molecule has 110 valence electrons. The van der Waals surface area contributed by atoms with Crippen LogP contribution in [0.4, 0.5) is 0 Å². The Hall–Kier alpha value is -2.17. The van der Waals surface area contributed by atoms with Crippen molar-refractivity contribution < 1.29 is 9.32 Å². The number of benzene rings is 1. The third kappa shape index (κ3) is 2.68. The zero-order valence-electron chi connectivity index (χ0n) is 12.6. The largest absolute Gasteiger partial charge is 0.339 e. The smallest absolute Gasteiger partial charge is 0.254 e. The maximum absolute atomic E-state index is 12.6. The minimum Gasteiger partial charge on any atom is -0.339 e. The molecule has 1 atom stereocenters. The lowest BCUT2D eigenvalue weighted by Gasteiger charge is -2.17. The van der Waals surface area contributed by atoms with E-state index in [1.165, 1.54) is 5.56 Å². The highest BCUT2D eigenvalue weighted by molar-refractivity contribution is 5.95. The molecule has 0 unspecified atom stereocenters. The van der Waals surface area contributed by atoms with Crippen LogP contribution in [0.2, 0.25) is 0 Å². The predicted molar refractivity (Wildman–Crippen MR) is 78.2 cm³/mol. The van der Waals surface area contributed by atoms with Crippen molar-refractivity contribution in [2.24, 2.45) is 0 Å². The van der Waals surface area contributed by atoms with Crippen LogP contribution < -0.4 is 0 Å². The Labute approximate surface area is 124 Å². The number of likely N-dealkylation sites (tertiary alicyclic amines) is 1. The summed E-state index contributed by atoms with van der Waals surface area (Å²) in [5.41, 5.74) is 2.98. The number of nitrogens with zero attached hydrogens (tertiary/aromatic N) is 3. The highest BCUT2D eigenvalue weighted by Gasteiger charge is 2.31. The second kappa shape index (κ2) is 5.31. The molecule has 1 aliphatic rings. The van der Waals surface area contributed by atoms with Crippen molar-refractivity contribution in [3.63, 3.8) is 0 Å². The van der Waals surface area contributed by atoms with E-state index in [9.17, 15) is 4.79 Å². The van der Waals surface area contributed by atoms with E-state index in [0.717, 1.165) is 24.1 Å². The van der Waals surface area contributed by atoms with E-state index in [2.05, 4.69) is 10.1 Å². The van der Waals surface area contributed by atoms with E-state index in [0.29, 0.717) is 18.3 Å². The topological polar surface area (TPSA) is 59.2 Å². The molecule has 1 aliphatic heterocycles. The molecule has 0 spiro atoms. The average molecular weight is 285 g/mol. The van der Waals surface area contributed by atoms with Crippen molar-refractivity contribution in [1.29, 1.82) is 0 Å². The number of rotatable bonds is 2. The molecule has 0 bridgehead atoms. The van der Waals surface area contributed by atoms with Gasteiger partial charge < -0.3 is 9.42 Å². The van der Waals surface area contributed by atoms with E-state index in [1.807, 2.05) is 36.9 Å². The monoisotopic (exact) mass is 285 g/mol. The molecule has 0 aliphatic carbocycles. The van der Waals surface area contributed by atoms with Crippen molar-refractivity contribution >= 4 is 5.91 Å². The number of hydrogen-bond acceptors (Lipinski definition) is 4. The van der Waals surface area contributed by atoms with Crippen LogP contribution in [0.3, 0.4) is 0 Å². The van der Waals surface area contributed by atoms with Crippen LogP contribution in [-0.4, -0.2) is 34.0 Å². The Morgan fingerprint density at radius 3 is 2.81 bits per heavy atom. The van der Waals surface area contributed by atoms with Gasteiger partial charge in [-0.1, -0.05) is 22.9 Å². The molecule has 3 rings (SSSR count). The zero-order valence-corrected chi connectivity index (χ0v) is 12.6. The lowest BCUT2D eigenvalue weighted by atomic mass is 10.0. The number of carbonyl (C=O) groups is 1. The van der Waals surface area contributed by atoms with Crippen LogP contribution in [0.5, 0.6) is 0 Å². The standard InChI is InChI=1S/C16H19N3O2/c1-10-4-5-14(11(2)8-10)16(20)19-7-6-13(9-19)15-17-12(3)18-21-15/h4-5,8,13H,6-7,9H2,1-3H3/t13-/m0/s1. The number of amides is 1. The highest BCUT2D eigenvalue weighted by Crippen LogP contribution is 2.27. The van der Waals surface area contributed by atoms with Crippen LogP contribution in [-0.2, 0) is 0 Å². The summed E-state index contributed by atoms with van der Waals surface area (Å²) in [5.74, 6) is 1.53. The first kappa shape index (κ1) is 13.8. The van der Waals surface area contributed by atoms with Gasteiger partial charge in [-0.05, 0) is 38.8 Å². The Morgan fingerprint density at radius 2 is 2.14 bits per heavy atom. The van der Waals surface area contributed by atoms with Gasteiger partial charge in [-0.15, -0.1) is 0 Å². The number of aromatic nitrogens is 2. The number of carbonyl (C=O) groups excluding carboxylic acids is 1. The normalized spacial score (nSPS) is 18.2. The molecule has 0 N–H and O–H groups in total. The molecule has 5 nitrogen and oxygen atoms in total. The highest BCUT2D eigenvalue weighted by atomic mass is 16.5. The Bertz CT molecular complexity index is 678. The molecule has 5 heteroatoms. The van der Waals surface area contributed by atoms with E-state index in [4.69, 9.17) is 4.52 Å². The summed E-state index contributed by atoms with van der Waals surface area (Å²) in [4.78, 5) is 18.8. The summed E-state index contributed by atoms with van der Waals surface area (Å²) in [5, 5.41) is 3.82. The van der Waals surface area contributed by atoms with Gasteiger partial charge in [0.2, 0.25) is 5.89 Å². The van der Waals surface area contributed by atoms with Gasteiger partial charge in [0.25, 0.3) is 5.91 Å². The van der Waals surface area contributed by atoms with Crippen molar-refractivity contribution in [2.75, 3.05) is 13.1 Å². The van der Waals surface area contributed by atoms with Gasteiger partial charge in [-0.2, -0.15) is 4.98 Å². The van der Waals surface area contributed by atoms with Gasteiger partial charge in [-0.3, -0.25) is 4.79 Å². The molecule has 21 heavy (non-hydrogen) atoms. The number of hydrogen-bond donors (Lipinski definition) is 0. The summed E-state index contributed by atoms with van der Waals surface area (Å²) in [7, 11) is 0. The first-order valence-corrected chi connectivity index (χ1v) is 7.21. The first-order valence-electron chi connectivity index (χ1n) is 7.21. The lowest BCUT2D eigenvalue weighted by Crippen LogP contribution is -2.29. The van der Waals surface area contributed by atoms with Crippen molar-refractivity contribution in [2.45, 2.75) is 33.1 Å². The zero-order chi connectivity index (χ0) is 15.0. The number of aryl methyl sites for hydroxylation is 3. The van der Waals surface area contributed by atoms with E-state index >= 15 is 0 Å². The lowest BCUT2D eigenvalue weighted by molar-refractivity contribution is 0.0789. The van der Waals surface area contributed by atoms with Crippen LogP contribution in [0.1, 0.15) is 45.5 Å². The van der Waals surface area contributed by atoms with Crippen molar-refractivity contribution in [1.82, 2.24) is 15.0 Å². The first-order chi connectivity index (χ1) is 10.0. The molecule has 2 aromatic rings. The predicted octanol–water partition coefficient (Wildman–Crippen LogP) is 2.62. The molecular formula is C16H19N3O2. The third-order valence-corrected chi connectivity index (χ3v) is 3.98. The minimum atomic E-state index is 0.0891. The molecule has 1 amide bonds. The maximum atomic E-state index is 12.6. The Kier molecular flexibility index (Phi) is 3.49. The molecule has 2 heterocycles. The van der Waals surface area contributed by atoms with Crippen LogP contribution in [0.15, 0.2) is 22.7 Å². The van der Waals surface area contributed by atoms with Gasteiger partial charge in [-0.25, -0.2) is 0 Å².